The Labute approximate surface area is 89.4 Å². The minimum Gasteiger partial charge on any atom is -0.480 e. The van der Waals surface area contributed by atoms with Gasteiger partial charge in [-0.25, -0.2) is 0 Å². The second-order valence-electron chi connectivity index (χ2n) is 4.38. The van der Waals surface area contributed by atoms with Gasteiger partial charge in [-0.2, -0.15) is 0 Å². The van der Waals surface area contributed by atoms with E-state index in [1.165, 1.54) is 4.90 Å². The van der Waals surface area contributed by atoms with E-state index in [1.54, 1.807) is 0 Å². The largest absolute Gasteiger partial charge is 0.480 e. The Morgan fingerprint density at radius 2 is 2.33 bits per heavy atom. The molecule has 0 aromatic heterocycles. The summed E-state index contributed by atoms with van der Waals surface area (Å²) in [6.45, 7) is 4.79. The number of nitrogens with zero attached hydrogens (tertiary/aromatic N) is 1. The number of carboxylic acid groups (broad SMARTS) is 1. The van der Waals surface area contributed by atoms with E-state index >= 15 is 0 Å². The number of rotatable bonds is 4. The van der Waals surface area contributed by atoms with Gasteiger partial charge in [0.1, 0.15) is 6.54 Å². The molecular weight excluding hydrogens is 196 g/mol. The molecular formula is C10H18N2O3. The Balaban J connectivity index is 2.48. The average molecular weight is 214 g/mol. The smallest absolute Gasteiger partial charge is 0.323 e. The van der Waals surface area contributed by atoms with Crippen LogP contribution in [0.4, 0.5) is 0 Å². The van der Waals surface area contributed by atoms with Crippen LogP contribution in [0.3, 0.4) is 0 Å². The first-order valence-electron chi connectivity index (χ1n) is 5.22. The van der Waals surface area contributed by atoms with Crippen LogP contribution >= 0.6 is 0 Å². The van der Waals surface area contributed by atoms with Gasteiger partial charge in [0.15, 0.2) is 0 Å². The van der Waals surface area contributed by atoms with Crippen LogP contribution < -0.4 is 5.32 Å². The van der Waals surface area contributed by atoms with E-state index in [-0.39, 0.29) is 25.0 Å². The second kappa shape index (κ2) is 5.11. The first kappa shape index (κ1) is 12.0. The van der Waals surface area contributed by atoms with Gasteiger partial charge in [0.05, 0.1) is 6.54 Å². The van der Waals surface area contributed by atoms with Crippen LogP contribution in [-0.2, 0) is 9.59 Å². The summed E-state index contributed by atoms with van der Waals surface area (Å²) in [5.74, 6) is -0.534. The monoisotopic (exact) mass is 214 g/mol. The minimum absolute atomic E-state index is 0.127. The molecule has 1 amide bonds. The number of piperazine rings is 1. The van der Waals surface area contributed by atoms with E-state index in [0.29, 0.717) is 12.5 Å². The van der Waals surface area contributed by atoms with Crippen LogP contribution in [0.15, 0.2) is 0 Å². The van der Waals surface area contributed by atoms with Crippen molar-refractivity contribution in [2.75, 3.05) is 19.6 Å². The van der Waals surface area contributed by atoms with E-state index < -0.39 is 5.97 Å². The second-order valence-corrected chi connectivity index (χ2v) is 4.38. The highest BCUT2D eigenvalue weighted by Gasteiger charge is 2.26. The summed E-state index contributed by atoms with van der Waals surface area (Å²) in [5, 5.41) is 11.8. The molecule has 0 bridgehead atoms. The first-order valence-corrected chi connectivity index (χ1v) is 5.22. The van der Waals surface area contributed by atoms with Gasteiger partial charge in [0.25, 0.3) is 0 Å². The maximum Gasteiger partial charge on any atom is 0.323 e. The van der Waals surface area contributed by atoms with Gasteiger partial charge in [-0.3, -0.25) is 9.59 Å². The number of carboxylic acids is 1. The standard InChI is InChI=1S/C10H18N2O3/c1-7(2)3-8-5-12(6-10(14)15)9(13)4-11-8/h7-8,11H,3-6H2,1-2H3,(H,14,15)/t8-/m1/s1. The lowest BCUT2D eigenvalue weighted by molar-refractivity contribution is -0.145. The molecule has 2 N–H and O–H groups in total. The van der Waals surface area contributed by atoms with E-state index in [9.17, 15) is 9.59 Å². The highest BCUT2D eigenvalue weighted by Crippen LogP contribution is 2.09. The maximum absolute atomic E-state index is 11.4. The average Bonchev–Trinajstić information content (AvgIpc) is 2.09. The van der Waals surface area contributed by atoms with Crippen LogP contribution in [0.2, 0.25) is 0 Å². The summed E-state index contributed by atoms with van der Waals surface area (Å²) in [6.07, 6.45) is 0.962. The van der Waals surface area contributed by atoms with Crippen molar-refractivity contribution >= 4 is 11.9 Å². The molecule has 1 heterocycles. The quantitative estimate of drug-likeness (QED) is 0.686. The number of aliphatic carboxylic acids is 1. The predicted octanol–water partition coefficient (Wildman–Crippen LogP) is -0.0825. The van der Waals surface area contributed by atoms with Crippen molar-refractivity contribution in [3.05, 3.63) is 0 Å². The van der Waals surface area contributed by atoms with Crippen molar-refractivity contribution in [3.63, 3.8) is 0 Å². The van der Waals surface area contributed by atoms with Crippen LogP contribution in [0, 0.1) is 5.92 Å². The highest BCUT2D eigenvalue weighted by molar-refractivity contribution is 5.83. The summed E-state index contributed by atoms with van der Waals surface area (Å²) < 4.78 is 0. The molecule has 5 heteroatoms. The zero-order valence-electron chi connectivity index (χ0n) is 9.19. The zero-order chi connectivity index (χ0) is 11.4. The molecule has 1 aliphatic rings. The third kappa shape index (κ3) is 3.87. The van der Waals surface area contributed by atoms with Crippen LogP contribution in [0.5, 0.6) is 0 Å². The number of nitrogens with one attached hydrogen (secondary N) is 1. The van der Waals surface area contributed by atoms with Crippen molar-refractivity contribution < 1.29 is 14.7 Å². The molecule has 86 valence electrons. The molecule has 5 nitrogen and oxygen atoms in total. The molecule has 1 rings (SSSR count). The van der Waals surface area contributed by atoms with E-state index in [1.807, 2.05) is 0 Å². The molecule has 15 heavy (non-hydrogen) atoms. The van der Waals surface area contributed by atoms with Crippen molar-refractivity contribution in [3.8, 4) is 0 Å². The van der Waals surface area contributed by atoms with Gasteiger partial charge in [-0.1, -0.05) is 13.8 Å². The van der Waals surface area contributed by atoms with Crippen LogP contribution in [-0.4, -0.2) is 47.6 Å². The number of hydrogen-bond donors (Lipinski definition) is 2. The molecule has 0 unspecified atom stereocenters. The number of carbonyl (C=O) groups excluding carboxylic acids is 1. The van der Waals surface area contributed by atoms with E-state index in [2.05, 4.69) is 19.2 Å². The molecule has 1 atom stereocenters. The summed E-state index contributed by atoms with van der Waals surface area (Å²) in [7, 11) is 0. The van der Waals surface area contributed by atoms with Gasteiger partial charge in [-0.05, 0) is 12.3 Å². The van der Waals surface area contributed by atoms with E-state index in [4.69, 9.17) is 5.11 Å². The lowest BCUT2D eigenvalue weighted by Crippen LogP contribution is -2.55. The van der Waals surface area contributed by atoms with Gasteiger partial charge >= 0.3 is 5.97 Å². The van der Waals surface area contributed by atoms with Crippen molar-refractivity contribution in [2.24, 2.45) is 5.92 Å². The van der Waals surface area contributed by atoms with Crippen molar-refractivity contribution in [2.45, 2.75) is 26.3 Å². The summed E-state index contributed by atoms with van der Waals surface area (Å²) in [6, 6.07) is 0.224. The Bertz CT molecular complexity index is 253. The summed E-state index contributed by atoms with van der Waals surface area (Å²) in [4.78, 5) is 23.3. The fraction of sp³-hybridized carbons (Fsp3) is 0.800. The Kier molecular flexibility index (Phi) is 4.08. The molecule has 0 aliphatic carbocycles. The Hall–Kier alpha value is -1.10. The van der Waals surface area contributed by atoms with Gasteiger partial charge in [0.2, 0.25) is 5.91 Å². The Morgan fingerprint density at radius 3 is 2.87 bits per heavy atom. The molecule has 1 aliphatic heterocycles. The molecule has 0 aromatic carbocycles. The van der Waals surface area contributed by atoms with Crippen molar-refractivity contribution in [1.82, 2.24) is 10.2 Å². The van der Waals surface area contributed by atoms with Gasteiger partial charge < -0.3 is 15.3 Å². The zero-order valence-corrected chi connectivity index (χ0v) is 9.19. The summed E-state index contributed by atoms with van der Waals surface area (Å²) >= 11 is 0. The van der Waals surface area contributed by atoms with Gasteiger partial charge in [-0.15, -0.1) is 0 Å². The lowest BCUT2D eigenvalue weighted by Gasteiger charge is -2.33. The number of hydrogen-bond acceptors (Lipinski definition) is 3. The molecule has 1 fully saturated rings. The van der Waals surface area contributed by atoms with Crippen molar-refractivity contribution in [1.29, 1.82) is 0 Å². The SMILES string of the molecule is CC(C)C[C@@H]1CN(CC(=O)O)C(=O)CN1. The van der Waals surface area contributed by atoms with Gasteiger partial charge in [0, 0.05) is 12.6 Å². The molecule has 0 aromatic rings. The minimum atomic E-state index is -0.950. The van der Waals surface area contributed by atoms with E-state index in [0.717, 1.165) is 6.42 Å². The maximum atomic E-state index is 11.4. The Morgan fingerprint density at radius 1 is 1.67 bits per heavy atom. The fourth-order valence-electron chi connectivity index (χ4n) is 1.82. The van der Waals surface area contributed by atoms with Crippen LogP contribution in [0.1, 0.15) is 20.3 Å². The third-order valence-corrected chi connectivity index (χ3v) is 2.42. The normalized spacial score (nSPS) is 22.2. The summed E-state index contributed by atoms with van der Waals surface area (Å²) in [5.41, 5.74) is 0. The topological polar surface area (TPSA) is 69.6 Å². The predicted molar refractivity (Wildman–Crippen MR) is 55.5 cm³/mol. The number of amides is 1. The lowest BCUT2D eigenvalue weighted by atomic mass is 10.0. The number of carbonyl (C=O) groups is 2. The van der Waals surface area contributed by atoms with Crippen LogP contribution in [0.25, 0.3) is 0 Å². The molecule has 1 saturated heterocycles. The third-order valence-electron chi connectivity index (χ3n) is 2.42. The fourth-order valence-corrected chi connectivity index (χ4v) is 1.82. The molecule has 0 saturated carbocycles. The highest BCUT2D eigenvalue weighted by atomic mass is 16.4. The molecule has 0 radical (unpaired) electrons. The molecule has 0 spiro atoms. The first-order chi connectivity index (χ1) is 6.99.